The van der Waals surface area contributed by atoms with E-state index in [0.717, 1.165) is 25.0 Å². The second-order valence-corrected chi connectivity index (χ2v) is 12.5. The highest BCUT2D eigenvalue weighted by Crippen LogP contribution is 2.27. The first-order valence-electron chi connectivity index (χ1n) is 17.4. The molecule has 0 bridgehead atoms. The second kappa shape index (κ2) is 20.4. The van der Waals surface area contributed by atoms with E-state index in [1.165, 1.54) is 0 Å². The first kappa shape index (κ1) is 42.5. The Bertz CT molecular complexity index is 1730. The SMILES string of the molecule is CCCOc1cc(Nc2nc(N[C@@H](C)[C@@H](C)N)c(F)cc2C(N)=O)ccn1.CCCOc1cc(Nc2nc(N[C@H](C)[C@H](C)N)c(F)cc2C(N)=O)ccn1. The van der Waals surface area contributed by atoms with Gasteiger partial charge in [0.2, 0.25) is 11.8 Å². The van der Waals surface area contributed by atoms with E-state index in [9.17, 15) is 18.4 Å². The summed E-state index contributed by atoms with van der Waals surface area (Å²) in [5, 5.41) is 11.7. The number of anilines is 6. The predicted molar refractivity (Wildman–Crippen MR) is 206 cm³/mol. The molecule has 4 aromatic heterocycles. The van der Waals surface area contributed by atoms with Crippen LogP contribution in [-0.4, -0.2) is 69.1 Å². The summed E-state index contributed by atoms with van der Waals surface area (Å²) in [6.45, 7) is 12.2. The standard InChI is InChI=1S/2C18H25FN6O2/c2*1-4-7-27-15-8-12(5-6-22-15)24-17-13(16(21)26)9-14(19)18(25-17)23-11(3)10(2)20/h2*5-6,8-11H,4,7,20H2,1-3H3,(H2,21,26)(H2,22,23,24,25)/t2*10-,11+/m10/s1. The van der Waals surface area contributed by atoms with E-state index in [1.807, 2.05) is 13.8 Å². The van der Waals surface area contributed by atoms with Crippen molar-refractivity contribution >= 4 is 46.5 Å². The molecule has 4 rings (SSSR count). The van der Waals surface area contributed by atoms with Gasteiger partial charge in [-0.15, -0.1) is 0 Å². The largest absolute Gasteiger partial charge is 0.478 e. The Kier molecular flexibility index (Phi) is 16.1. The van der Waals surface area contributed by atoms with Gasteiger partial charge in [0, 0.05) is 60.1 Å². The summed E-state index contributed by atoms with van der Waals surface area (Å²) >= 11 is 0. The molecule has 0 saturated carbocycles. The molecule has 4 atom stereocenters. The normalized spacial score (nSPS) is 12.9. The molecule has 0 spiro atoms. The van der Waals surface area contributed by atoms with Crippen LogP contribution in [0.2, 0.25) is 0 Å². The van der Waals surface area contributed by atoms with Gasteiger partial charge >= 0.3 is 0 Å². The molecule has 0 aliphatic rings. The Hall–Kier alpha value is -5.88. The minimum Gasteiger partial charge on any atom is -0.478 e. The van der Waals surface area contributed by atoms with Gasteiger partial charge in [-0.1, -0.05) is 13.8 Å². The lowest BCUT2D eigenvalue weighted by Crippen LogP contribution is -2.35. The summed E-state index contributed by atoms with van der Waals surface area (Å²) in [5.74, 6) is -1.94. The minimum atomic E-state index is -0.799. The number of hydrogen-bond donors (Lipinski definition) is 8. The minimum absolute atomic E-state index is 0.0242. The van der Waals surface area contributed by atoms with Crippen LogP contribution in [0.1, 0.15) is 75.1 Å². The summed E-state index contributed by atoms with van der Waals surface area (Å²) in [5.41, 5.74) is 23.4. The van der Waals surface area contributed by atoms with Crippen molar-refractivity contribution in [2.24, 2.45) is 22.9 Å². The van der Waals surface area contributed by atoms with Crippen LogP contribution in [0.15, 0.2) is 48.8 Å². The average Bonchev–Trinajstić information content (AvgIpc) is 3.12. The Balaban J connectivity index is 0.000000290. The zero-order valence-electron chi connectivity index (χ0n) is 31.2. The number of aromatic nitrogens is 4. The maximum Gasteiger partial charge on any atom is 0.252 e. The number of amides is 2. The van der Waals surface area contributed by atoms with Gasteiger partial charge < -0.3 is 53.7 Å². The van der Waals surface area contributed by atoms with Crippen LogP contribution in [0.4, 0.5) is 43.4 Å². The Morgan fingerprint density at radius 1 is 0.667 bits per heavy atom. The van der Waals surface area contributed by atoms with Crippen molar-refractivity contribution in [3.05, 3.63) is 71.6 Å². The third-order valence-corrected chi connectivity index (χ3v) is 7.69. The van der Waals surface area contributed by atoms with Crippen LogP contribution in [0, 0.1) is 11.6 Å². The summed E-state index contributed by atoms with van der Waals surface area (Å²) in [6, 6.07) is 7.84. The molecule has 0 saturated heterocycles. The van der Waals surface area contributed by atoms with Crippen molar-refractivity contribution < 1.29 is 27.8 Å². The molecular weight excluding hydrogens is 702 g/mol. The molecular formula is C36H50F2N12O4. The van der Waals surface area contributed by atoms with Crippen LogP contribution in [0.25, 0.3) is 0 Å². The van der Waals surface area contributed by atoms with Gasteiger partial charge in [-0.05, 0) is 64.8 Å². The van der Waals surface area contributed by atoms with Gasteiger partial charge in [0.15, 0.2) is 23.3 Å². The number of rotatable bonds is 18. The van der Waals surface area contributed by atoms with Crippen LogP contribution in [-0.2, 0) is 0 Å². The number of halogens is 2. The molecule has 2 amide bonds. The quantitative estimate of drug-likeness (QED) is 0.0680. The maximum atomic E-state index is 14.3. The number of primary amides is 2. The zero-order chi connectivity index (χ0) is 39.9. The molecule has 4 aromatic rings. The number of hydrogen-bond acceptors (Lipinski definition) is 14. The van der Waals surface area contributed by atoms with E-state index in [-0.39, 0.29) is 58.6 Å². The van der Waals surface area contributed by atoms with Gasteiger partial charge in [0.05, 0.1) is 24.3 Å². The highest BCUT2D eigenvalue weighted by Gasteiger charge is 2.20. The highest BCUT2D eigenvalue weighted by molar-refractivity contribution is 5.99. The topological polar surface area (TPSA) is 256 Å². The lowest BCUT2D eigenvalue weighted by atomic mass is 10.2. The molecule has 292 valence electrons. The smallest absolute Gasteiger partial charge is 0.252 e. The maximum absolute atomic E-state index is 14.3. The molecule has 0 aliphatic heterocycles. The van der Waals surface area contributed by atoms with E-state index in [4.69, 9.17) is 32.4 Å². The molecule has 4 heterocycles. The Morgan fingerprint density at radius 3 is 1.35 bits per heavy atom. The Labute approximate surface area is 313 Å². The molecule has 54 heavy (non-hydrogen) atoms. The second-order valence-electron chi connectivity index (χ2n) is 12.5. The third kappa shape index (κ3) is 12.7. The predicted octanol–water partition coefficient (Wildman–Crippen LogP) is 4.79. The van der Waals surface area contributed by atoms with Crippen molar-refractivity contribution in [3.8, 4) is 11.8 Å². The van der Waals surface area contributed by atoms with Gasteiger partial charge in [-0.25, -0.2) is 28.7 Å². The van der Waals surface area contributed by atoms with Crippen molar-refractivity contribution in [1.29, 1.82) is 0 Å². The van der Waals surface area contributed by atoms with Crippen LogP contribution in [0.5, 0.6) is 11.8 Å². The van der Waals surface area contributed by atoms with Gasteiger partial charge in [0.25, 0.3) is 11.8 Å². The number of nitrogens with zero attached hydrogens (tertiary/aromatic N) is 4. The molecule has 12 N–H and O–H groups in total. The van der Waals surface area contributed by atoms with Gasteiger partial charge in [-0.3, -0.25) is 9.59 Å². The number of nitrogens with two attached hydrogens (primary N) is 4. The van der Waals surface area contributed by atoms with Crippen molar-refractivity contribution in [1.82, 2.24) is 19.9 Å². The van der Waals surface area contributed by atoms with Crippen LogP contribution >= 0.6 is 0 Å². The molecule has 16 nitrogen and oxygen atoms in total. The number of ether oxygens (including phenoxy) is 2. The monoisotopic (exact) mass is 752 g/mol. The first-order chi connectivity index (χ1) is 25.6. The van der Waals surface area contributed by atoms with E-state index < -0.39 is 23.4 Å². The third-order valence-electron chi connectivity index (χ3n) is 7.69. The molecule has 0 aliphatic carbocycles. The fourth-order valence-corrected chi connectivity index (χ4v) is 4.26. The number of pyridine rings is 4. The fourth-order valence-electron chi connectivity index (χ4n) is 4.26. The highest BCUT2D eigenvalue weighted by atomic mass is 19.1. The van der Waals surface area contributed by atoms with Crippen molar-refractivity contribution in [3.63, 3.8) is 0 Å². The van der Waals surface area contributed by atoms with Crippen molar-refractivity contribution in [2.75, 3.05) is 34.5 Å². The lowest BCUT2D eigenvalue weighted by Gasteiger charge is -2.20. The molecule has 0 radical (unpaired) electrons. The number of nitrogens with one attached hydrogen (secondary N) is 4. The molecule has 0 unspecified atom stereocenters. The Morgan fingerprint density at radius 2 is 1.04 bits per heavy atom. The van der Waals surface area contributed by atoms with Crippen molar-refractivity contribution in [2.45, 2.75) is 78.6 Å². The van der Waals surface area contributed by atoms with E-state index in [1.54, 1.807) is 64.4 Å². The summed E-state index contributed by atoms with van der Waals surface area (Å²) < 4.78 is 39.6. The van der Waals surface area contributed by atoms with Crippen LogP contribution in [0.3, 0.4) is 0 Å². The molecule has 18 heteroatoms. The molecule has 0 fully saturated rings. The molecule has 0 aromatic carbocycles. The van der Waals surface area contributed by atoms with E-state index >= 15 is 0 Å². The fraction of sp³-hybridized carbons (Fsp3) is 0.389. The van der Waals surface area contributed by atoms with E-state index in [0.29, 0.717) is 36.3 Å². The summed E-state index contributed by atoms with van der Waals surface area (Å²) in [7, 11) is 0. The zero-order valence-corrected chi connectivity index (χ0v) is 31.2. The average molecular weight is 753 g/mol. The lowest BCUT2D eigenvalue weighted by molar-refractivity contribution is 0.0992. The number of carbonyl (C=O) groups excluding carboxylic acids is 2. The van der Waals surface area contributed by atoms with Gasteiger partial charge in [-0.2, -0.15) is 0 Å². The van der Waals surface area contributed by atoms with Gasteiger partial charge in [0.1, 0.15) is 11.6 Å². The number of carbonyl (C=O) groups is 2. The van der Waals surface area contributed by atoms with E-state index in [2.05, 4.69) is 41.2 Å². The first-order valence-corrected chi connectivity index (χ1v) is 17.4. The summed E-state index contributed by atoms with van der Waals surface area (Å²) in [4.78, 5) is 40.0. The summed E-state index contributed by atoms with van der Waals surface area (Å²) in [6.07, 6.45) is 4.80. The van der Waals surface area contributed by atoms with Crippen LogP contribution < -0.4 is 53.7 Å².